The van der Waals surface area contributed by atoms with Crippen LogP contribution in [0.25, 0.3) is 0 Å². The molecule has 0 spiro atoms. The fourth-order valence-electron chi connectivity index (χ4n) is 10.1. The molecule has 7 heterocycles. The van der Waals surface area contributed by atoms with Gasteiger partial charge >= 0.3 is 0 Å². The fraction of sp³-hybridized carbons (Fsp3) is 0.875. The average Bonchev–Trinajstić information content (AvgIpc) is 3.79. The number of nitrogens with two attached hydrogens (primary N) is 1. The van der Waals surface area contributed by atoms with E-state index >= 15 is 0 Å². The number of ketones is 1. The molecule has 7 aliphatic heterocycles. The molecule has 7 fully saturated rings. The molecule has 11 nitrogen and oxygen atoms in total. The van der Waals surface area contributed by atoms with Gasteiger partial charge in [-0.25, -0.2) is 0 Å². The molecular weight excluding hydrogens is 654 g/mol. The Bertz CT molecular complexity index is 1230. The lowest BCUT2D eigenvalue weighted by Gasteiger charge is -2.47. The number of ether oxygens (including phenoxy) is 8. The Labute approximate surface area is 304 Å². The summed E-state index contributed by atoms with van der Waals surface area (Å²) in [5, 5.41) is 10.0. The number of aliphatic hydroxyl groups is 1. The predicted molar refractivity (Wildman–Crippen MR) is 189 cm³/mol. The number of hydrogen-bond acceptors (Lipinski definition) is 11. The molecule has 11 heteroatoms. The van der Waals surface area contributed by atoms with Crippen molar-refractivity contribution in [2.24, 2.45) is 17.6 Å². The van der Waals surface area contributed by atoms with E-state index in [0.29, 0.717) is 31.8 Å². The van der Waals surface area contributed by atoms with E-state index in [2.05, 4.69) is 27.0 Å². The number of carbonyl (C=O) groups is 1. The van der Waals surface area contributed by atoms with E-state index in [4.69, 9.17) is 43.6 Å². The third-order valence-electron chi connectivity index (χ3n) is 13.0. The standard InChI is InChI=1S/C40H63NO10/c1-22-14-29(46-25(4)24(22)3)6-8-32-23(2)15-31(47-32)10-12-40-13-11-33(50-40)35-19-37(51-40)39-34(49-35)9-7-30(48-39)17-27(42)16-26-21-45-36(38(26)44-5)18-28(43)20-41/h22,25-26,28-39,43H,2-3,6-21,41H2,1,4-5H3/t22-,25-,26+,28?,29?,30?,31+,32?,33?,34+,35-,36-,37-,38-,39+,40+/m1/s1. The first-order valence-corrected chi connectivity index (χ1v) is 19.9. The summed E-state index contributed by atoms with van der Waals surface area (Å²) in [6, 6.07) is 0. The minimum Gasteiger partial charge on any atom is -0.392 e. The minimum atomic E-state index is -0.673. The summed E-state index contributed by atoms with van der Waals surface area (Å²) in [4.78, 5) is 13.3. The lowest BCUT2D eigenvalue weighted by Crippen LogP contribution is -2.56. The molecule has 7 rings (SSSR count). The molecule has 0 aromatic heterocycles. The normalized spacial score (nSPS) is 45.8. The van der Waals surface area contributed by atoms with Crippen molar-refractivity contribution >= 4 is 5.78 Å². The van der Waals surface area contributed by atoms with Crippen molar-refractivity contribution in [1.82, 2.24) is 0 Å². The highest BCUT2D eigenvalue weighted by molar-refractivity contribution is 5.79. The summed E-state index contributed by atoms with van der Waals surface area (Å²) in [5.74, 6) is -0.101. The zero-order valence-electron chi connectivity index (χ0n) is 31.1. The van der Waals surface area contributed by atoms with Crippen molar-refractivity contribution in [1.29, 1.82) is 0 Å². The van der Waals surface area contributed by atoms with Crippen LogP contribution >= 0.6 is 0 Å². The third kappa shape index (κ3) is 8.53. The SMILES string of the molecule is C=C1C[C@H](CC[C@]23CCC(O2)[C@H]2C[C@@H](O3)[C@H]3OC(CC(=O)C[C@H]4CO[C@H](CC(O)CN)[C@@H]4OC)CC[C@@H]3O2)OC1CCC1C[C@@H](C)C(=C)[C@@H](C)O1. The van der Waals surface area contributed by atoms with Crippen LogP contribution in [0.3, 0.4) is 0 Å². The average molecular weight is 718 g/mol. The molecule has 288 valence electrons. The predicted octanol–water partition coefficient (Wildman–Crippen LogP) is 4.70. The van der Waals surface area contributed by atoms with E-state index in [1.807, 2.05) is 0 Å². The van der Waals surface area contributed by atoms with Crippen LogP contribution in [-0.2, 0) is 42.7 Å². The Morgan fingerprint density at radius 3 is 2.55 bits per heavy atom. The van der Waals surface area contributed by atoms with Gasteiger partial charge in [-0.05, 0) is 75.4 Å². The molecule has 0 aliphatic carbocycles. The van der Waals surface area contributed by atoms with Crippen LogP contribution in [-0.4, -0.2) is 116 Å². The maximum absolute atomic E-state index is 13.3. The zero-order chi connectivity index (χ0) is 35.9. The second-order valence-electron chi connectivity index (χ2n) is 16.8. The molecule has 4 bridgehead atoms. The number of Topliss-reactive ketones (excluding diaryl/α,β-unsaturated/α-hetero) is 1. The van der Waals surface area contributed by atoms with Gasteiger partial charge < -0.3 is 48.7 Å². The summed E-state index contributed by atoms with van der Waals surface area (Å²) in [6.07, 6.45) is 9.37. The Balaban J connectivity index is 0.900. The Morgan fingerprint density at radius 1 is 0.941 bits per heavy atom. The van der Waals surface area contributed by atoms with E-state index in [9.17, 15) is 9.90 Å². The van der Waals surface area contributed by atoms with Gasteiger partial charge in [0.05, 0.1) is 79.9 Å². The molecular formula is C40H63NO10. The highest BCUT2D eigenvalue weighted by atomic mass is 16.7. The third-order valence-corrected chi connectivity index (χ3v) is 13.0. The van der Waals surface area contributed by atoms with Crippen LogP contribution in [0.15, 0.2) is 24.3 Å². The molecule has 3 N–H and O–H groups in total. The highest BCUT2D eigenvalue weighted by Crippen LogP contribution is 2.48. The maximum atomic E-state index is 13.3. The van der Waals surface area contributed by atoms with E-state index in [1.165, 1.54) is 11.1 Å². The molecule has 7 saturated heterocycles. The molecule has 51 heavy (non-hydrogen) atoms. The molecule has 0 amide bonds. The van der Waals surface area contributed by atoms with E-state index in [0.717, 1.165) is 70.6 Å². The van der Waals surface area contributed by atoms with E-state index in [1.54, 1.807) is 7.11 Å². The van der Waals surface area contributed by atoms with Gasteiger partial charge in [0.2, 0.25) is 0 Å². The number of hydrogen-bond donors (Lipinski definition) is 2. The monoisotopic (exact) mass is 717 g/mol. The van der Waals surface area contributed by atoms with Crippen molar-refractivity contribution in [2.45, 2.75) is 189 Å². The summed E-state index contributed by atoms with van der Waals surface area (Å²) >= 11 is 0. The molecule has 16 atom stereocenters. The quantitative estimate of drug-likeness (QED) is 0.242. The smallest absolute Gasteiger partial charge is 0.169 e. The largest absolute Gasteiger partial charge is 0.392 e. The topological polar surface area (TPSA) is 137 Å². The number of methoxy groups -OCH3 is 1. The first-order valence-electron chi connectivity index (χ1n) is 19.9. The molecule has 0 aromatic rings. The number of aliphatic hydroxyl groups excluding tert-OH is 1. The highest BCUT2D eigenvalue weighted by Gasteiger charge is 2.56. The fourth-order valence-corrected chi connectivity index (χ4v) is 10.1. The second-order valence-corrected chi connectivity index (χ2v) is 16.8. The van der Waals surface area contributed by atoms with Gasteiger partial charge in [0, 0.05) is 58.1 Å². The van der Waals surface area contributed by atoms with Crippen LogP contribution in [0.5, 0.6) is 0 Å². The van der Waals surface area contributed by atoms with Gasteiger partial charge in [-0.3, -0.25) is 4.79 Å². The zero-order valence-corrected chi connectivity index (χ0v) is 31.1. The molecule has 0 aromatic carbocycles. The van der Waals surface area contributed by atoms with E-state index in [-0.39, 0.29) is 91.5 Å². The number of rotatable bonds is 14. The van der Waals surface area contributed by atoms with Gasteiger partial charge in [-0.15, -0.1) is 0 Å². The second kappa shape index (κ2) is 16.2. The van der Waals surface area contributed by atoms with Crippen LogP contribution in [0.1, 0.15) is 104 Å². The van der Waals surface area contributed by atoms with Crippen LogP contribution in [0.4, 0.5) is 0 Å². The van der Waals surface area contributed by atoms with Crippen LogP contribution in [0.2, 0.25) is 0 Å². The Morgan fingerprint density at radius 2 is 1.76 bits per heavy atom. The first-order chi connectivity index (χ1) is 24.5. The van der Waals surface area contributed by atoms with Crippen molar-refractivity contribution < 1.29 is 47.8 Å². The van der Waals surface area contributed by atoms with Crippen molar-refractivity contribution in [2.75, 3.05) is 20.3 Å². The van der Waals surface area contributed by atoms with Crippen LogP contribution < -0.4 is 5.73 Å². The Kier molecular flexibility index (Phi) is 12.1. The van der Waals surface area contributed by atoms with Gasteiger partial charge in [-0.2, -0.15) is 0 Å². The van der Waals surface area contributed by atoms with Gasteiger partial charge in [0.25, 0.3) is 0 Å². The Hall–Kier alpha value is -1.25. The lowest BCUT2D eigenvalue weighted by molar-refractivity contribution is -0.276. The van der Waals surface area contributed by atoms with Gasteiger partial charge in [0.1, 0.15) is 11.9 Å². The summed E-state index contributed by atoms with van der Waals surface area (Å²) < 4.78 is 51.4. The number of fused-ring (bicyclic) bond motifs is 7. The summed E-state index contributed by atoms with van der Waals surface area (Å²) in [6.45, 7) is 13.6. The number of carbonyl (C=O) groups excluding carboxylic acids is 1. The van der Waals surface area contributed by atoms with E-state index < -0.39 is 11.9 Å². The van der Waals surface area contributed by atoms with Gasteiger partial charge in [0.15, 0.2) is 5.79 Å². The van der Waals surface area contributed by atoms with Crippen molar-refractivity contribution in [3.05, 3.63) is 24.3 Å². The maximum Gasteiger partial charge on any atom is 0.169 e. The minimum absolute atomic E-state index is 0.00186. The lowest BCUT2D eigenvalue weighted by atomic mass is 9.86. The van der Waals surface area contributed by atoms with Crippen molar-refractivity contribution in [3.8, 4) is 0 Å². The molecule has 0 radical (unpaired) electrons. The summed E-state index contributed by atoms with van der Waals surface area (Å²) in [5.41, 5.74) is 7.98. The van der Waals surface area contributed by atoms with Crippen LogP contribution in [0, 0.1) is 11.8 Å². The molecule has 5 unspecified atom stereocenters. The molecule has 7 aliphatic rings. The van der Waals surface area contributed by atoms with Crippen molar-refractivity contribution in [3.63, 3.8) is 0 Å². The molecule has 0 saturated carbocycles. The van der Waals surface area contributed by atoms with Gasteiger partial charge in [-0.1, -0.05) is 20.1 Å². The first kappa shape index (κ1) is 38.0. The summed E-state index contributed by atoms with van der Waals surface area (Å²) in [7, 11) is 1.64.